The molecule has 5 heteroatoms. The van der Waals surface area contributed by atoms with Crippen LogP contribution >= 0.6 is 23.1 Å². The predicted octanol–water partition coefficient (Wildman–Crippen LogP) is 6.05. The zero-order valence-corrected chi connectivity index (χ0v) is 17.1. The number of anilines is 2. The lowest BCUT2D eigenvalue weighted by Gasteiger charge is -2.18. The molecular formula is C21H22N2OS2. The first-order chi connectivity index (χ1) is 12.4. The molecule has 0 saturated heterocycles. The number of thiazole rings is 1. The summed E-state index contributed by atoms with van der Waals surface area (Å²) >= 11 is 3.30. The van der Waals surface area contributed by atoms with Gasteiger partial charge in [-0.15, -0.1) is 23.1 Å². The van der Waals surface area contributed by atoms with Crippen molar-refractivity contribution in [3.05, 3.63) is 70.2 Å². The molecule has 0 atom stereocenters. The van der Waals surface area contributed by atoms with Gasteiger partial charge < -0.3 is 0 Å². The van der Waals surface area contributed by atoms with Crippen molar-refractivity contribution in [1.29, 1.82) is 0 Å². The Labute approximate surface area is 163 Å². The number of amides is 1. The summed E-state index contributed by atoms with van der Waals surface area (Å²) in [5.74, 6) is 0.763. The minimum atomic E-state index is -0.0290. The third kappa shape index (κ3) is 4.34. The van der Waals surface area contributed by atoms with Crippen molar-refractivity contribution >= 4 is 39.8 Å². The molecule has 0 aliphatic carbocycles. The van der Waals surface area contributed by atoms with E-state index in [-0.39, 0.29) is 5.91 Å². The molecule has 3 aromatic rings. The molecule has 0 aliphatic rings. The highest BCUT2D eigenvalue weighted by atomic mass is 32.2. The Kier molecular flexibility index (Phi) is 5.79. The largest absolute Gasteiger partial charge is 0.274 e. The third-order valence-corrected chi connectivity index (χ3v) is 6.09. The van der Waals surface area contributed by atoms with Crippen LogP contribution < -0.4 is 4.90 Å². The maximum atomic E-state index is 12.2. The Hall–Kier alpha value is -2.11. The first-order valence-corrected chi connectivity index (χ1v) is 10.3. The van der Waals surface area contributed by atoms with Gasteiger partial charge in [0.1, 0.15) is 0 Å². The maximum absolute atomic E-state index is 12.2. The van der Waals surface area contributed by atoms with Gasteiger partial charge in [-0.2, -0.15) is 0 Å². The molecule has 1 heterocycles. The molecule has 1 aromatic heterocycles. The second-order valence-corrected chi connectivity index (χ2v) is 8.23. The zero-order valence-electron chi connectivity index (χ0n) is 15.4. The van der Waals surface area contributed by atoms with Crippen LogP contribution in [0.1, 0.15) is 29.3 Å². The monoisotopic (exact) mass is 382 g/mol. The van der Waals surface area contributed by atoms with Gasteiger partial charge in [0.15, 0.2) is 5.13 Å². The number of hydrogen-bond acceptors (Lipinski definition) is 4. The molecule has 3 nitrogen and oxygen atoms in total. The molecule has 0 bridgehead atoms. The summed E-state index contributed by atoms with van der Waals surface area (Å²) in [5.41, 5.74) is 5.52. The van der Waals surface area contributed by atoms with E-state index in [2.05, 4.69) is 32.0 Å². The number of aryl methyl sites for hydroxylation is 3. The molecule has 134 valence electrons. The van der Waals surface area contributed by atoms with Gasteiger partial charge in [0, 0.05) is 23.0 Å². The maximum Gasteiger partial charge on any atom is 0.230 e. The fraction of sp³-hybridized carbons (Fsp3) is 0.238. The van der Waals surface area contributed by atoms with E-state index in [4.69, 9.17) is 4.98 Å². The van der Waals surface area contributed by atoms with Crippen molar-refractivity contribution in [2.45, 2.75) is 38.3 Å². The highest BCUT2D eigenvalue weighted by molar-refractivity contribution is 7.98. The molecule has 0 unspecified atom stereocenters. The van der Waals surface area contributed by atoms with E-state index in [9.17, 15) is 4.79 Å². The standard InChI is InChI=1S/C21H22N2OS2/c1-14-6-5-7-19(10-14)23(17(4)24)21-22-18(13-26-21)12-25-20-11-15(2)8-9-16(20)3/h5-11,13H,12H2,1-4H3. The van der Waals surface area contributed by atoms with Gasteiger partial charge in [-0.3, -0.25) is 9.69 Å². The molecule has 2 aromatic carbocycles. The van der Waals surface area contributed by atoms with Gasteiger partial charge in [0.05, 0.1) is 11.4 Å². The number of aromatic nitrogens is 1. The van der Waals surface area contributed by atoms with Crippen LogP contribution in [0.25, 0.3) is 0 Å². The van der Waals surface area contributed by atoms with Gasteiger partial charge in [0.25, 0.3) is 0 Å². The normalized spacial score (nSPS) is 10.8. The van der Waals surface area contributed by atoms with Crippen LogP contribution in [0.3, 0.4) is 0 Å². The second kappa shape index (κ2) is 8.06. The highest BCUT2D eigenvalue weighted by Gasteiger charge is 2.18. The van der Waals surface area contributed by atoms with Gasteiger partial charge in [-0.1, -0.05) is 29.8 Å². The fourth-order valence-electron chi connectivity index (χ4n) is 2.67. The Morgan fingerprint density at radius 3 is 2.62 bits per heavy atom. The van der Waals surface area contributed by atoms with Crippen molar-refractivity contribution in [3.63, 3.8) is 0 Å². The lowest BCUT2D eigenvalue weighted by molar-refractivity contribution is -0.115. The number of thioether (sulfide) groups is 1. The SMILES string of the molecule is CC(=O)N(c1cccc(C)c1)c1nc(CSc2cc(C)ccc2C)cs1. The van der Waals surface area contributed by atoms with Gasteiger partial charge in [0.2, 0.25) is 5.91 Å². The molecule has 0 radical (unpaired) electrons. The lowest BCUT2D eigenvalue weighted by Crippen LogP contribution is -2.22. The molecule has 3 rings (SSSR count). The minimum Gasteiger partial charge on any atom is -0.274 e. The van der Waals surface area contributed by atoms with Crippen molar-refractivity contribution in [1.82, 2.24) is 4.98 Å². The van der Waals surface area contributed by atoms with E-state index < -0.39 is 0 Å². The summed E-state index contributed by atoms with van der Waals surface area (Å²) in [6.45, 7) is 7.84. The summed E-state index contributed by atoms with van der Waals surface area (Å²) in [6, 6.07) is 14.4. The van der Waals surface area contributed by atoms with Crippen LogP contribution in [0.15, 0.2) is 52.7 Å². The average molecular weight is 383 g/mol. The van der Waals surface area contributed by atoms with E-state index in [0.29, 0.717) is 0 Å². The van der Waals surface area contributed by atoms with Crippen molar-refractivity contribution in [2.75, 3.05) is 4.90 Å². The molecule has 0 N–H and O–H groups in total. The van der Waals surface area contributed by atoms with Crippen molar-refractivity contribution < 1.29 is 4.79 Å². The highest BCUT2D eigenvalue weighted by Crippen LogP contribution is 2.32. The summed E-state index contributed by atoms with van der Waals surface area (Å²) in [7, 11) is 0. The molecule has 1 amide bonds. The van der Waals surface area contributed by atoms with Crippen molar-refractivity contribution in [3.8, 4) is 0 Å². The quantitative estimate of drug-likeness (QED) is 0.504. The second-order valence-electron chi connectivity index (χ2n) is 6.37. The van der Waals surface area contributed by atoms with Crippen LogP contribution in [0.5, 0.6) is 0 Å². The van der Waals surface area contributed by atoms with E-state index in [1.807, 2.05) is 36.6 Å². The fourth-order valence-corrected chi connectivity index (χ4v) is 4.68. The Morgan fingerprint density at radius 2 is 1.88 bits per heavy atom. The van der Waals surface area contributed by atoms with Crippen LogP contribution in [0.4, 0.5) is 10.8 Å². The molecular weight excluding hydrogens is 360 g/mol. The summed E-state index contributed by atoms with van der Waals surface area (Å²) in [5, 5.41) is 2.76. The van der Waals surface area contributed by atoms with Gasteiger partial charge in [-0.05, 0) is 50.1 Å². The predicted molar refractivity (Wildman–Crippen MR) is 112 cm³/mol. The molecule has 0 aliphatic heterocycles. The summed E-state index contributed by atoms with van der Waals surface area (Å²) in [4.78, 5) is 19.9. The number of hydrogen-bond donors (Lipinski definition) is 0. The number of rotatable bonds is 5. The zero-order chi connectivity index (χ0) is 18.7. The minimum absolute atomic E-state index is 0.0290. The molecule has 0 fully saturated rings. The van der Waals surface area contributed by atoms with Crippen LogP contribution in [-0.2, 0) is 10.5 Å². The van der Waals surface area contributed by atoms with Crippen LogP contribution in [-0.4, -0.2) is 10.9 Å². The topological polar surface area (TPSA) is 33.2 Å². The third-order valence-electron chi connectivity index (χ3n) is 4.02. The number of nitrogens with zero attached hydrogens (tertiary/aromatic N) is 2. The van der Waals surface area contributed by atoms with Crippen LogP contribution in [0, 0.1) is 20.8 Å². The van der Waals surface area contributed by atoms with Gasteiger partial charge >= 0.3 is 0 Å². The van der Waals surface area contributed by atoms with E-state index in [1.54, 1.807) is 23.6 Å². The Balaban J connectivity index is 1.79. The van der Waals surface area contributed by atoms with Crippen molar-refractivity contribution in [2.24, 2.45) is 0 Å². The smallest absolute Gasteiger partial charge is 0.230 e. The van der Waals surface area contributed by atoms with Gasteiger partial charge in [-0.25, -0.2) is 4.98 Å². The number of carbonyl (C=O) groups excluding carboxylic acids is 1. The Bertz CT molecular complexity index is 933. The molecule has 0 saturated carbocycles. The van der Waals surface area contributed by atoms with Crippen LogP contribution in [0.2, 0.25) is 0 Å². The summed E-state index contributed by atoms with van der Waals surface area (Å²) < 4.78 is 0. The lowest BCUT2D eigenvalue weighted by atomic mass is 10.2. The first-order valence-electron chi connectivity index (χ1n) is 8.46. The summed E-state index contributed by atoms with van der Waals surface area (Å²) in [6.07, 6.45) is 0. The first kappa shape index (κ1) is 18.7. The van der Waals surface area contributed by atoms with E-state index in [1.165, 1.54) is 27.4 Å². The van der Waals surface area contributed by atoms with E-state index >= 15 is 0 Å². The average Bonchev–Trinajstić information content (AvgIpc) is 3.04. The molecule has 26 heavy (non-hydrogen) atoms. The Morgan fingerprint density at radius 1 is 1.12 bits per heavy atom. The number of benzene rings is 2. The van der Waals surface area contributed by atoms with E-state index in [0.717, 1.165) is 27.8 Å². The molecule has 0 spiro atoms. The number of carbonyl (C=O) groups is 1.